The molecule has 0 saturated heterocycles. The lowest BCUT2D eigenvalue weighted by Crippen LogP contribution is -1.89. The summed E-state index contributed by atoms with van der Waals surface area (Å²) in [7, 11) is 1.66. The smallest absolute Gasteiger partial charge is 0.118 e. The van der Waals surface area contributed by atoms with Crippen LogP contribution in [-0.4, -0.2) is 17.3 Å². The van der Waals surface area contributed by atoms with Gasteiger partial charge in [-0.1, -0.05) is 30.3 Å². The van der Waals surface area contributed by atoms with Crippen LogP contribution in [0.15, 0.2) is 66.9 Å². The first-order chi connectivity index (χ1) is 9.86. The molecule has 0 aliphatic rings. The van der Waals surface area contributed by atoms with Crippen LogP contribution in [0.5, 0.6) is 5.75 Å². The first kappa shape index (κ1) is 12.4. The van der Waals surface area contributed by atoms with Crippen LogP contribution in [0.2, 0.25) is 0 Å². The van der Waals surface area contributed by atoms with Crippen molar-refractivity contribution >= 4 is 0 Å². The Labute approximate surface area is 117 Å². The van der Waals surface area contributed by atoms with Crippen molar-refractivity contribution in [1.29, 1.82) is 0 Å². The SMILES string of the molecule is COc1ccc(-c2cc(-c3ccccc3)cnn2)cc1. The van der Waals surface area contributed by atoms with Crippen LogP contribution in [0.3, 0.4) is 0 Å². The van der Waals surface area contributed by atoms with Gasteiger partial charge in [0.1, 0.15) is 5.75 Å². The molecular formula is C17H14N2O. The molecule has 1 heterocycles. The van der Waals surface area contributed by atoms with E-state index in [4.69, 9.17) is 4.74 Å². The number of aromatic nitrogens is 2. The molecule has 20 heavy (non-hydrogen) atoms. The topological polar surface area (TPSA) is 35.0 Å². The van der Waals surface area contributed by atoms with Crippen LogP contribution in [-0.2, 0) is 0 Å². The fourth-order valence-corrected chi connectivity index (χ4v) is 2.06. The predicted molar refractivity (Wildman–Crippen MR) is 79.5 cm³/mol. The first-order valence-electron chi connectivity index (χ1n) is 6.39. The Bertz CT molecular complexity index is 694. The molecule has 0 fully saturated rings. The summed E-state index contributed by atoms with van der Waals surface area (Å²) in [5, 5.41) is 8.30. The lowest BCUT2D eigenvalue weighted by molar-refractivity contribution is 0.415. The summed E-state index contributed by atoms with van der Waals surface area (Å²) in [6.07, 6.45) is 1.78. The maximum atomic E-state index is 5.16. The Balaban J connectivity index is 1.98. The highest BCUT2D eigenvalue weighted by Gasteiger charge is 2.04. The number of methoxy groups -OCH3 is 1. The van der Waals surface area contributed by atoms with Crippen LogP contribution in [0, 0.1) is 0 Å². The molecule has 0 amide bonds. The summed E-state index contributed by atoms with van der Waals surface area (Å²) in [5.74, 6) is 0.834. The largest absolute Gasteiger partial charge is 0.497 e. The van der Waals surface area contributed by atoms with E-state index in [1.165, 1.54) is 0 Å². The zero-order chi connectivity index (χ0) is 13.8. The second-order valence-corrected chi connectivity index (χ2v) is 4.42. The number of benzene rings is 2. The van der Waals surface area contributed by atoms with Crippen LogP contribution >= 0.6 is 0 Å². The minimum atomic E-state index is 0.834. The van der Waals surface area contributed by atoms with Gasteiger partial charge in [-0.2, -0.15) is 10.2 Å². The van der Waals surface area contributed by atoms with Gasteiger partial charge in [0.2, 0.25) is 0 Å². The highest BCUT2D eigenvalue weighted by atomic mass is 16.5. The summed E-state index contributed by atoms with van der Waals surface area (Å²) in [5.41, 5.74) is 4.08. The second kappa shape index (κ2) is 5.53. The van der Waals surface area contributed by atoms with Gasteiger partial charge < -0.3 is 4.74 Å². The minimum absolute atomic E-state index is 0.834. The predicted octanol–water partition coefficient (Wildman–Crippen LogP) is 3.82. The molecular weight excluding hydrogens is 248 g/mol. The lowest BCUT2D eigenvalue weighted by Gasteiger charge is -2.05. The average molecular weight is 262 g/mol. The molecule has 0 radical (unpaired) electrons. The molecule has 2 aromatic carbocycles. The van der Waals surface area contributed by atoms with Crippen LogP contribution in [0.1, 0.15) is 0 Å². The molecule has 3 heteroatoms. The zero-order valence-corrected chi connectivity index (χ0v) is 11.2. The Kier molecular flexibility index (Phi) is 3.42. The van der Waals surface area contributed by atoms with Crippen molar-refractivity contribution < 1.29 is 4.74 Å². The van der Waals surface area contributed by atoms with E-state index in [0.717, 1.165) is 28.1 Å². The van der Waals surface area contributed by atoms with E-state index in [1.807, 2.05) is 48.5 Å². The normalized spacial score (nSPS) is 10.2. The van der Waals surface area contributed by atoms with Gasteiger partial charge in [0, 0.05) is 11.1 Å². The van der Waals surface area contributed by atoms with Crippen LogP contribution in [0.4, 0.5) is 0 Å². The summed E-state index contributed by atoms with van der Waals surface area (Å²) < 4.78 is 5.16. The monoisotopic (exact) mass is 262 g/mol. The summed E-state index contributed by atoms with van der Waals surface area (Å²) in [6, 6.07) is 20.0. The average Bonchev–Trinajstić information content (AvgIpc) is 2.56. The molecule has 3 nitrogen and oxygen atoms in total. The van der Waals surface area contributed by atoms with Crippen LogP contribution < -0.4 is 4.74 Å². The van der Waals surface area contributed by atoms with Crippen LogP contribution in [0.25, 0.3) is 22.4 Å². The van der Waals surface area contributed by atoms with Crippen molar-refractivity contribution in [2.45, 2.75) is 0 Å². The van der Waals surface area contributed by atoms with Gasteiger partial charge >= 0.3 is 0 Å². The third-order valence-corrected chi connectivity index (χ3v) is 3.15. The van der Waals surface area contributed by atoms with E-state index in [1.54, 1.807) is 13.3 Å². The van der Waals surface area contributed by atoms with E-state index < -0.39 is 0 Å². The first-order valence-corrected chi connectivity index (χ1v) is 6.39. The van der Waals surface area contributed by atoms with E-state index in [0.29, 0.717) is 0 Å². The number of hydrogen-bond donors (Lipinski definition) is 0. The van der Waals surface area contributed by atoms with E-state index in [9.17, 15) is 0 Å². The van der Waals surface area contributed by atoms with Crippen molar-refractivity contribution in [1.82, 2.24) is 10.2 Å². The second-order valence-electron chi connectivity index (χ2n) is 4.42. The van der Waals surface area contributed by atoms with E-state index >= 15 is 0 Å². The maximum Gasteiger partial charge on any atom is 0.118 e. The van der Waals surface area contributed by atoms with E-state index in [2.05, 4.69) is 22.3 Å². The molecule has 0 saturated carbocycles. The highest BCUT2D eigenvalue weighted by molar-refractivity contribution is 5.69. The molecule has 0 unspecified atom stereocenters. The van der Waals surface area contributed by atoms with Gasteiger partial charge in [-0.25, -0.2) is 0 Å². The lowest BCUT2D eigenvalue weighted by atomic mass is 10.1. The van der Waals surface area contributed by atoms with Crippen molar-refractivity contribution in [2.24, 2.45) is 0 Å². The van der Waals surface area contributed by atoms with Crippen molar-refractivity contribution in [2.75, 3.05) is 7.11 Å². The number of hydrogen-bond acceptors (Lipinski definition) is 3. The van der Waals surface area contributed by atoms with Gasteiger partial charge in [0.05, 0.1) is 19.0 Å². The summed E-state index contributed by atoms with van der Waals surface area (Å²) >= 11 is 0. The summed E-state index contributed by atoms with van der Waals surface area (Å²) in [4.78, 5) is 0. The number of nitrogens with zero attached hydrogens (tertiary/aromatic N) is 2. The van der Waals surface area contributed by atoms with Gasteiger partial charge in [-0.05, 0) is 35.9 Å². The standard InChI is InChI=1S/C17H14N2O/c1-20-16-9-7-14(8-10-16)17-11-15(12-18-19-17)13-5-3-2-4-6-13/h2-12H,1H3. The molecule has 98 valence electrons. The van der Waals surface area contributed by atoms with E-state index in [-0.39, 0.29) is 0 Å². The quantitative estimate of drug-likeness (QED) is 0.719. The molecule has 0 bridgehead atoms. The maximum absolute atomic E-state index is 5.16. The Hall–Kier alpha value is -2.68. The zero-order valence-electron chi connectivity index (χ0n) is 11.2. The molecule has 0 N–H and O–H groups in total. The summed E-state index contributed by atoms with van der Waals surface area (Å²) in [6.45, 7) is 0. The third kappa shape index (κ3) is 2.52. The Morgan fingerprint density at radius 3 is 2.25 bits per heavy atom. The molecule has 1 aromatic heterocycles. The Morgan fingerprint density at radius 2 is 1.55 bits per heavy atom. The number of rotatable bonds is 3. The van der Waals surface area contributed by atoms with Gasteiger partial charge in [-0.15, -0.1) is 0 Å². The molecule has 0 spiro atoms. The molecule has 3 aromatic rings. The molecule has 3 rings (SSSR count). The van der Waals surface area contributed by atoms with Crippen molar-refractivity contribution in [3.8, 4) is 28.1 Å². The van der Waals surface area contributed by atoms with Gasteiger partial charge in [0.25, 0.3) is 0 Å². The minimum Gasteiger partial charge on any atom is -0.497 e. The molecule has 0 aliphatic heterocycles. The fraction of sp³-hybridized carbons (Fsp3) is 0.0588. The van der Waals surface area contributed by atoms with Gasteiger partial charge in [0.15, 0.2) is 0 Å². The van der Waals surface area contributed by atoms with Crippen molar-refractivity contribution in [3.63, 3.8) is 0 Å². The highest BCUT2D eigenvalue weighted by Crippen LogP contribution is 2.24. The third-order valence-electron chi connectivity index (χ3n) is 3.15. The Morgan fingerprint density at radius 1 is 0.800 bits per heavy atom. The van der Waals surface area contributed by atoms with Gasteiger partial charge in [-0.3, -0.25) is 0 Å². The van der Waals surface area contributed by atoms with Crippen molar-refractivity contribution in [3.05, 3.63) is 66.9 Å². The molecule has 0 aliphatic carbocycles. The fourth-order valence-electron chi connectivity index (χ4n) is 2.06. The number of ether oxygens (including phenoxy) is 1. The molecule has 0 atom stereocenters.